The summed E-state index contributed by atoms with van der Waals surface area (Å²) < 4.78 is 0. The molecule has 0 heterocycles. The zero-order valence-corrected chi connectivity index (χ0v) is 23.1. The van der Waals surface area contributed by atoms with E-state index >= 15 is 0 Å². The zero-order valence-electron chi connectivity index (χ0n) is 21.5. The maximum absolute atomic E-state index is 12.9. The SMILES string of the molecule is C=C/C=C(/C(=O)Nc1cccc(-c2cccc(SCC(C)(C)C(C)(C)O)c2Cl)c1C)C(=O)N(C)C. The summed E-state index contributed by atoms with van der Waals surface area (Å²) in [6, 6.07) is 11.5. The summed E-state index contributed by atoms with van der Waals surface area (Å²) in [5, 5.41) is 14.0. The molecular weight excluding hydrogens is 480 g/mol. The first-order chi connectivity index (χ1) is 16.2. The van der Waals surface area contributed by atoms with Crippen molar-refractivity contribution < 1.29 is 14.7 Å². The number of amides is 2. The highest BCUT2D eigenvalue weighted by atomic mass is 35.5. The lowest BCUT2D eigenvalue weighted by Gasteiger charge is -2.37. The molecule has 0 aliphatic heterocycles. The van der Waals surface area contributed by atoms with Crippen LogP contribution >= 0.6 is 23.4 Å². The van der Waals surface area contributed by atoms with Gasteiger partial charge in [0, 0.05) is 41.4 Å². The first-order valence-electron chi connectivity index (χ1n) is 11.3. The summed E-state index contributed by atoms with van der Waals surface area (Å²) in [6.45, 7) is 13.2. The van der Waals surface area contributed by atoms with Crippen molar-refractivity contribution in [2.24, 2.45) is 5.41 Å². The molecule has 0 spiro atoms. The van der Waals surface area contributed by atoms with Crippen LogP contribution in [0, 0.1) is 12.3 Å². The number of halogens is 1. The van der Waals surface area contributed by atoms with Crippen molar-refractivity contribution in [2.75, 3.05) is 25.2 Å². The first kappa shape index (κ1) is 28.7. The van der Waals surface area contributed by atoms with Gasteiger partial charge in [-0.25, -0.2) is 0 Å². The third-order valence-electron chi connectivity index (χ3n) is 6.25. The van der Waals surface area contributed by atoms with Gasteiger partial charge < -0.3 is 15.3 Å². The lowest BCUT2D eigenvalue weighted by Crippen LogP contribution is -2.40. The molecular formula is C28H35ClN2O3S. The Hall–Kier alpha value is -2.54. The number of thioether (sulfide) groups is 1. The van der Waals surface area contributed by atoms with Gasteiger partial charge in [-0.2, -0.15) is 0 Å². The lowest BCUT2D eigenvalue weighted by molar-refractivity contribution is -0.127. The number of carbonyl (C=O) groups is 2. The molecule has 0 bridgehead atoms. The zero-order chi connectivity index (χ0) is 26.6. The lowest BCUT2D eigenvalue weighted by atomic mass is 9.79. The normalized spacial score (nSPS) is 12.3. The van der Waals surface area contributed by atoms with E-state index in [0.717, 1.165) is 21.6 Å². The molecule has 5 nitrogen and oxygen atoms in total. The summed E-state index contributed by atoms with van der Waals surface area (Å²) in [5.74, 6) is -0.223. The number of likely N-dealkylation sites (N-methyl/N-ethyl adjacent to an activating group) is 1. The molecule has 2 aromatic carbocycles. The summed E-state index contributed by atoms with van der Waals surface area (Å²) >= 11 is 8.45. The molecule has 0 atom stereocenters. The quantitative estimate of drug-likeness (QED) is 0.135. The fourth-order valence-corrected chi connectivity index (χ4v) is 4.79. The Kier molecular flexibility index (Phi) is 9.40. The van der Waals surface area contributed by atoms with Crippen LogP contribution in [0.1, 0.15) is 33.3 Å². The van der Waals surface area contributed by atoms with E-state index in [1.54, 1.807) is 31.9 Å². The van der Waals surface area contributed by atoms with Gasteiger partial charge >= 0.3 is 0 Å². The van der Waals surface area contributed by atoms with Gasteiger partial charge in [-0.3, -0.25) is 9.59 Å². The number of rotatable bonds is 9. The molecule has 0 aromatic heterocycles. The minimum absolute atomic E-state index is 0.000606. The summed E-state index contributed by atoms with van der Waals surface area (Å²) in [7, 11) is 3.18. The summed E-state index contributed by atoms with van der Waals surface area (Å²) in [4.78, 5) is 27.6. The van der Waals surface area contributed by atoms with Crippen LogP contribution < -0.4 is 5.32 Å². The van der Waals surface area contributed by atoms with Crippen molar-refractivity contribution >= 4 is 40.9 Å². The van der Waals surface area contributed by atoms with Gasteiger partial charge in [0.15, 0.2) is 0 Å². The molecule has 0 aliphatic carbocycles. The molecule has 0 saturated heterocycles. The Morgan fingerprint density at radius 2 is 1.71 bits per heavy atom. The molecule has 2 amide bonds. The van der Waals surface area contributed by atoms with Crippen molar-refractivity contribution in [3.63, 3.8) is 0 Å². The predicted molar refractivity (Wildman–Crippen MR) is 148 cm³/mol. The number of nitrogens with one attached hydrogen (secondary N) is 1. The van der Waals surface area contributed by atoms with Crippen LogP contribution in [0.5, 0.6) is 0 Å². The topological polar surface area (TPSA) is 69.6 Å². The van der Waals surface area contributed by atoms with Gasteiger partial charge in [0.25, 0.3) is 11.8 Å². The number of aliphatic hydroxyl groups is 1. The van der Waals surface area contributed by atoms with E-state index in [2.05, 4.69) is 11.9 Å². The number of carbonyl (C=O) groups excluding carboxylic acids is 2. The maximum atomic E-state index is 12.9. The van der Waals surface area contributed by atoms with Gasteiger partial charge in [-0.15, -0.1) is 11.8 Å². The molecule has 35 heavy (non-hydrogen) atoms. The van der Waals surface area contributed by atoms with Gasteiger partial charge in [-0.05, 0) is 50.1 Å². The van der Waals surface area contributed by atoms with Crippen LogP contribution in [0.25, 0.3) is 11.1 Å². The number of nitrogens with zero attached hydrogens (tertiary/aromatic N) is 1. The van der Waals surface area contributed by atoms with Crippen molar-refractivity contribution in [3.8, 4) is 11.1 Å². The van der Waals surface area contributed by atoms with Gasteiger partial charge in [-0.1, -0.05) is 62.4 Å². The van der Waals surface area contributed by atoms with Crippen LogP contribution in [0.3, 0.4) is 0 Å². The van der Waals surface area contributed by atoms with E-state index in [1.165, 1.54) is 17.1 Å². The van der Waals surface area contributed by atoms with Crippen molar-refractivity contribution in [3.05, 3.63) is 71.3 Å². The van der Waals surface area contributed by atoms with Gasteiger partial charge in [0.2, 0.25) is 0 Å². The minimum Gasteiger partial charge on any atom is -0.390 e. The van der Waals surface area contributed by atoms with Gasteiger partial charge in [0.05, 0.1) is 10.6 Å². The highest BCUT2D eigenvalue weighted by Crippen LogP contribution is 2.42. The van der Waals surface area contributed by atoms with Crippen LogP contribution in [0.4, 0.5) is 5.69 Å². The Bertz CT molecular complexity index is 1150. The second-order valence-electron chi connectivity index (χ2n) is 9.80. The van der Waals surface area contributed by atoms with Crippen molar-refractivity contribution in [2.45, 2.75) is 45.1 Å². The number of hydrogen-bond donors (Lipinski definition) is 2. The van der Waals surface area contributed by atoms with Gasteiger partial charge in [0.1, 0.15) is 5.57 Å². The number of allylic oxidation sites excluding steroid dienone is 2. The Morgan fingerprint density at radius 3 is 2.29 bits per heavy atom. The van der Waals surface area contributed by atoms with E-state index in [1.807, 2.05) is 65.0 Å². The molecule has 2 aromatic rings. The third-order valence-corrected chi connectivity index (χ3v) is 8.28. The number of anilines is 1. The monoisotopic (exact) mass is 514 g/mol. The largest absolute Gasteiger partial charge is 0.390 e. The fraction of sp³-hybridized carbons (Fsp3) is 0.357. The molecule has 0 aliphatic rings. The van der Waals surface area contributed by atoms with Crippen molar-refractivity contribution in [1.29, 1.82) is 0 Å². The molecule has 2 rings (SSSR count). The highest BCUT2D eigenvalue weighted by molar-refractivity contribution is 7.99. The minimum atomic E-state index is -0.833. The molecule has 0 fully saturated rings. The second kappa shape index (κ2) is 11.5. The fourth-order valence-electron chi connectivity index (χ4n) is 3.12. The number of hydrogen-bond acceptors (Lipinski definition) is 4. The van der Waals surface area contributed by atoms with E-state index in [4.69, 9.17) is 11.6 Å². The molecule has 2 N–H and O–H groups in total. The molecule has 0 radical (unpaired) electrons. The first-order valence-corrected chi connectivity index (χ1v) is 12.7. The van der Waals surface area contributed by atoms with E-state index < -0.39 is 17.4 Å². The second-order valence-corrected chi connectivity index (χ2v) is 11.2. The van der Waals surface area contributed by atoms with Crippen LogP contribution in [0.15, 0.2) is 65.6 Å². The molecule has 188 valence electrons. The number of benzene rings is 2. The highest BCUT2D eigenvalue weighted by Gasteiger charge is 2.35. The standard InChI is InChI=1S/C28H35ClN2O3S/c1-9-12-21(26(33)31(7)8)25(32)30-22-15-10-13-19(18(22)2)20-14-11-16-23(24(20)29)35-17-27(3,4)28(5,6)34/h9-16,34H,1,17H2,2-8H3,(H,30,32)/b21-12-. The Labute approximate surface area is 218 Å². The average molecular weight is 515 g/mol. The molecule has 0 saturated carbocycles. The smallest absolute Gasteiger partial charge is 0.261 e. The van der Waals surface area contributed by atoms with Crippen LogP contribution in [-0.2, 0) is 9.59 Å². The molecule has 7 heteroatoms. The van der Waals surface area contributed by atoms with Crippen molar-refractivity contribution in [1.82, 2.24) is 4.90 Å². The van der Waals surface area contributed by atoms with Crippen LogP contribution in [0.2, 0.25) is 5.02 Å². The Morgan fingerprint density at radius 1 is 1.11 bits per heavy atom. The predicted octanol–water partition coefficient (Wildman–Crippen LogP) is 6.34. The van der Waals surface area contributed by atoms with E-state index in [-0.39, 0.29) is 11.0 Å². The summed E-state index contributed by atoms with van der Waals surface area (Å²) in [5.41, 5.74) is 1.99. The maximum Gasteiger partial charge on any atom is 0.261 e. The average Bonchev–Trinajstić information content (AvgIpc) is 2.77. The molecule has 0 unspecified atom stereocenters. The third kappa shape index (κ3) is 6.78. The summed E-state index contributed by atoms with van der Waals surface area (Å²) in [6.07, 6.45) is 2.82. The van der Waals surface area contributed by atoms with E-state index in [9.17, 15) is 14.7 Å². The van der Waals surface area contributed by atoms with E-state index in [0.29, 0.717) is 16.5 Å². The van der Waals surface area contributed by atoms with Crippen LogP contribution in [-0.4, -0.2) is 47.3 Å². The Balaban J connectivity index is 2.39.